The van der Waals surface area contributed by atoms with Crippen LogP contribution in [0.2, 0.25) is 5.02 Å². The molecule has 28 heavy (non-hydrogen) atoms. The zero-order valence-corrected chi connectivity index (χ0v) is 18.0. The molecule has 0 aliphatic carbocycles. The lowest BCUT2D eigenvalue weighted by Gasteiger charge is -2.32. The van der Waals surface area contributed by atoms with Gasteiger partial charge >= 0.3 is 5.97 Å². The Labute approximate surface area is 179 Å². The molecule has 0 radical (unpaired) electrons. The Morgan fingerprint density at radius 3 is 3.00 bits per heavy atom. The van der Waals surface area contributed by atoms with Crippen LogP contribution in [0.4, 0.5) is 4.39 Å². The summed E-state index contributed by atoms with van der Waals surface area (Å²) in [6, 6.07) is 3.42. The largest absolute Gasteiger partial charge is 0.463 e. The Bertz CT molecular complexity index is 980. The molecule has 5 nitrogen and oxygen atoms in total. The maximum atomic E-state index is 13.6. The highest BCUT2D eigenvalue weighted by Gasteiger charge is 2.43. The summed E-state index contributed by atoms with van der Waals surface area (Å²) in [5.74, 6) is -0.202. The number of benzene rings is 1. The quantitative estimate of drug-likeness (QED) is 0.465. The Balaban J connectivity index is 1.93. The summed E-state index contributed by atoms with van der Waals surface area (Å²) in [5.41, 5.74) is 1.79. The molecule has 2 unspecified atom stereocenters. The van der Waals surface area contributed by atoms with Gasteiger partial charge in [-0.2, -0.15) is 0 Å². The van der Waals surface area contributed by atoms with Gasteiger partial charge in [0.05, 0.1) is 17.0 Å². The molecule has 1 saturated heterocycles. The van der Waals surface area contributed by atoms with Crippen molar-refractivity contribution in [2.24, 2.45) is 4.99 Å². The van der Waals surface area contributed by atoms with Gasteiger partial charge in [0.15, 0.2) is 10.8 Å². The molecule has 0 bridgehead atoms. The van der Waals surface area contributed by atoms with E-state index >= 15 is 0 Å². The number of amidine groups is 1. The van der Waals surface area contributed by atoms with Crippen LogP contribution in [0, 0.1) is 5.82 Å². The van der Waals surface area contributed by atoms with Gasteiger partial charge in [-0.25, -0.2) is 14.2 Å². The van der Waals surface area contributed by atoms with E-state index in [9.17, 15) is 9.18 Å². The normalized spacial score (nSPS) is 21.6. The predicted molar refractivity (Wildman–Crippen MR) is 110 cm³/mol. The van der Waals surface area contributed by atoms with Crippen molar-refractivity contribution in [2.75, 3.05) is 13.2 Å². The average Bonchev–Trinajstić information content (AvgIpc) is 3.31. The monoisotopic (exact) mass is 483 g/mol. The number of esters is 1. The van der Waals surface area contributed by atoms with Crippen LogP contribution in [-0.2, 0) is 9.53 Å². The third-order valence-electron chi connectivity index (χ3n) is 4.63. The zero-order valence-electron chi connectivity index (χ0n) is 14.9. The van der Waals surface area contributed by atoms with Gasteiger partial charge in [-0.3, -0.25) is 4.99 Å². The molecular formula is C19H16BrClFN3O2S. The number of ether oxygens (including phenoxy) is 1. The van der Waals surface area contributed by atoms with Crippen molar-refractivity contribution in [3.8, 4) is 0 Å². The number of aliphatic imine (C=N–C) groups is 1. The first-order valence-electron chi connectivity index (χ1n) is 8.76. The molecule has 2 aliphatic heterocycles. The fourth-order valence-electron chi connectivity index (χ4n) is 3.48. The first-order valence-corrected chi connectivity index (χ1v) is 10.9. The summed E-state index contributed by atoms with van der Waals surface area (Å²) in [6.07, 6.45) is 2.53. The molecule has 1 aromatic heterocycles. The van der Waals surface area contributed by atoms with E-state index in [-0.39, 0.29) is 16.5 Å². The van der Waals surface area contributed by atoms with Gasteiger partial charge in [0.25, 0.3) is 0 Å². The van der Waals surface area contributed by atoms with Crippen molar-refractivity contribution in [2.45, 2.75) is 24.2 Å². The van der Waals surface area contributed by atoms with Crippen molar-refractivity contribution < 1.29 is 13.9 Å². The number of nitrogens with zero attached hydrogens (tertiary/aromatic N) is 3. The number of thiazole rings is 1. The van der Waals surface area contributed by atoms with Crippen molar-refractivity contribution in [1.29, 1.82) is 0 Å². The topological polar surface area (TPSA) is 54.8 Å². The third-order valence-corrected chi connectivity index (χ3v) is 6.61. The van der Waals surface area contributed by atoms with Crippen LogP contribution in [0.1, 0.15) is 30.0 Å². The summed E-state index contributed by atoms with van der Waals surface area (Å²) in [4.78, 5) is 24.1. The molecule has 0 spiro atoms. The van der Waals surface area contributed by atoms with Gasteiger partial charge in [-0.05, 0) is 25.5 Å². The highest BCUT2D eigenvalue weighted by molar-refractivity contribution is 9.09. The summed E-state index contributed by atoms with van der Waals surface area (Å²) in [5, 5.41) is 2.85. The van der Waals surface area contributed by atoms with E-state index in [1.54, 1.807) is 19.2 Å². The molecule has 3 heterocycles. The maximum Gasteiger partial charge on any atom is 0.338 e. The molecule has 2 aromatic rings. The fraction of sp³-hybridized carbons (Fsp3) is 0.316. The van der Waals surface area contributed by atoms with E-state index in [0.29, 0.717) is 23.5 Å². The van der Waals surface area contributed by atoms with Crippen LogP contribution in [0.15, 0.2) is 46.0 Å². The second kappa shape index (κ2) is 7.93. The molecule has 0 saturated carbocycles. The molecule has 1 aromatic carbocycles. The summed E-state index contributed by atoms with van der Waals surface area (Å²) >= 11 is 11.5. The van der Waals surface area contributed by atoms with Crippen LogP contribution in [0.25, 0.3) is 0 Å². The molecule has 0 amide bonds. The molecule has 4 rings (SSSR count). The number of hydrogen-bond acceptors (Lipinski definition) is 6. The average molecular weight is 485 g/mol. The van der Waals surface area contributed by atoms with Crippen molar-refractivity contribution in [1.82, 2.24) is 9.88 Å². The van der Waals surface area contributed by atoms with Gasteiger partial charge in [0, 0.05) is 34.4 Å². The van der Waals surface area contributed by atoms with Crippen LogP contribution in [0.3, 0.4) is 0 Å². The van der Waals surface area contributed by atoms with Gasteiger partial charge in [0.2, 0.25) is 0 Å². The minimum absolute atomic E-state index is 0.0286. The summed E-state index contributed by atoms with van der Waals surface area (Å²) in [6.45, 7) is 2.71. The Morgan fingerprint density at radius 2 is 2.32 bits per heavy atom. The minimum Gasteiger partial charge on any atom is -0.463 e. The van der Waals surface area contributed by atoms with Crippen LogP contribution < -0.4 is 0 Å². The highest BCUT2D eigenvalue weighted by Crippen LogP contribution is 2.44. The number of hydrogen-bond donors (Lipinski definition) is 0. The third kappa shape index (κ3) is 3.38. The molecular weight excluding hydrogens is 469 g/mol. The molecule has 9 heteroatoms. The van der Waals surface area contributed by atoms with E-state index in [4.69, 9.17) is 21.3 Å². The summed E-state index contributed by atoms with van der Waals surface area (Å²) < 4.78 is 19.0. The lowest BCUT2D eigenvalue weighted by molar-refractivity contribution is -0.139. The molecule has 2 atom stereocenters. The van der Waals surface area contributed by atoms with Gasteiger partial charge in [-0.15, -0.1) is 11.3 Å². The van der Waals surface area contributed by atoms with Crippen LogP contribution in [-0.4, -0.2) is 39.7 Å². The number of halogens is 3. The van der Waals surface area contributed by atoms with E-state index in [1.165, 1.54) is 23.5 Å². The zero-order chi connectivity index (χ0) is 19.8. The van der Waals surface area contributed by atoms with Gasteiger partial charge in [0.1, 0.15) is 11.9 Å². The first kappa shape index (κ1) is 19.5. The second-order valence-electron chi connectivity index (χ2n) is 6.29. The number of fused-ring (bicyclic) bond motifs is 1. The molecule has 0 N–H and O–H groups in total. The molecule has 146 valence electrons. The van der Waals surface area contributed by atoms with Crippen molar-refractivity contribution in [3.05, 3.63) is 62.5 Å². The Hall–Kier alpha value is -1.77. The second-order valence-corrected chi connectivity index (χ2v) is 8.69. The van der Waals surface area contributed by atoms with Gasteiger partial charge < -0.3 is 9.64 Å². The molecule has 1 fully saturated rings. The van der Waals surface area contributed by atoms with E-state index < -0.39 is 17.8 Å². The maximum absolute atomic E-state index is 13.6. The van der Waals surface area contributed by atoms with E-state index in [2.05, 4.69) is 20.9 Å². The van der Waals surface area contributed by atoms with Crippen molar-refractivity contribution >= 4 is 50.7 Å². The minimum atomic E-state index is -0.699. The number of alkyl halides is 1. The SMILES string of the molecule is CCOC(=O)C1=C2C(Br)CCN2C(c2nccs2)=NC1c1ccc(F)cc1Cl. The number of allylic oxidation sites excluding steroid dienone is 1. The number of aromatic nitrogens is 1. The number of carbonyl (C=O) groups is 1. The predicted octanol–water partition coefficient (Wildman–Crippen LogP) is 4.72. The van der Waals surface area contributed by atoms with Gasteiger partial charge in [-0.1, -0.05) is 33.6 Å². The number of carbonyl (C=O) groups excluding carboxylic acids is 1. The Kier molecular flexibility index (Phi) is 5.53. The first-order chi connectivity index (χ1) is 13.5. The van der Waals surface area contributed by atoms with Crippen molar-refractivity contribution in [3.63, 3.8) is 0 Å². The highest BCUT2D eigenvalue weighted by atomic mass is 79.9. The van der Waals surface area contributed by atoms with Crippen LogP contribution >= 0.6 is 38.9 Å². The summed E-state index contributed by atoms with van der Waals surface area (Å²) in [7, 11) is 0. The van der Waals surface area contributed by atoms with E-state index in [1.807, 2.05) is 10.3 Å². The smallest absolute Gasteiger partial charge is 0.338 e. The van der Waals surface area contributed by atoms with Crippen LogP contribution in [0.5, 0.6) is 0 Å². The standard InChI is InChI=1S/C19H16BrClFN3O2S/c1-2-27-19(26)14-15(11-4-3-10(22)9-13(11)21)24-17(18-23-6-8-28-18)25-7-5-12(20)16(14)25/h3-4,6,8-9,12,15H,2,5,7H2,1H3. The number of rotatable bonds is 4. The van der Waals surface area contributed by atoms with E-state index in [0.717, 1.165) is 17.1 Å². The lowest BCUT2D eigenvalue weighted by Crippen LogP contribution is -2.36. The molecule has 2 aliphatic rings. The fourth-order valence-corrected chi connectivity index (χ4v) is 5.09. The Morgan fingerprint density at radius 1 is 1.50 bits per heavy atom. The lowest BCUT2D eigenvalue weighted by atomic mass is 9.94.